The number of fused-ring (bicyclic) bond motifs is 1. The smallest absolute Gasteiger partial charge is 0.240 e. The first kappa shape index (κ1) is 15.3. The molecule has 0 unspecified atom stereocenters. The summed E-state index contributed by atoms with van der Waals surface area (Å²) in [5.74, 6) is 1.16. The highest BCUT2D eigenvalue weighted by Gasteiger charge is 2.45. The van der Waals surface area contributed by atoms with Gasteiger partial charge < -0.3 is 14.4 Å². The molecule has 5 heteroatoms. The highest BCUT2D eigenvalue weighted by Crippen LogP contribution is 2.40. The average molecular weight is 296 g/mol. The zero-order valence-corrected chi connectivity index (χ0v) is 13.4. The van der Waals surface area contributed by atoms with Gasteiger partial charge in [-0.2, -0.15) is 0 Å². The van der Waals surface area contributed by atoms with Gasteiger partial charge in [0.15, 0.2) is 6.79 Å². The van der Waals surface area contributed by atoms with Gasteiger partial charge in [0.05, 0.1) is 6.04 Å². The third-order valence-corrected chi connectivity index (χ3v) is 5.29. The first-order chi connectivity index (χ1) is 10.1. The number of hydrogen-bond donors (Lipinski definition) is 1. The van der Waals surface area contributed by atoms with Crippen molar-refractivity contribution in [2.75, 3.05) is 6.79 Å². The lowest BCUT2D eigenvalue weighted by Gasteiger charge is -2.39. The van der Waals surface area contributed by atoms with Crippen LogP contribution < -0.4 is 5.32 Å². The molecule has 0 aromatic heterocycles. The molecule has 120 valence electrons. The molecule has 1 aliphatic carbocycles. The van der Waals surface area contributed by atoms with Crippen LogP contribution in [0.4, 0.5) is 0 Å². The number of nitrogens with zero attached hydrogens (tertiary/aromatic N) is 1. The molecule has 0 aromatic carbocycles. The molecule has 5 nitrogen and oxygen atoms in total. The Kier molecular flexibility index (Phi) is 4.52. The highest BCUT2D eigenvalue weighted by molar-refractivity contribution is 5.83. The van der Waals surface area contributed by atoms with Crippen LogP contribution in [0.1, 0.15) is 52.9 Å². The molecule has 1 N–H and O–H groups in total. The van der Waals surface area contributed by atoms with E-state index in [9.17, 15) is 4.79 Å². The van der Waals surface area contributed by atoms with Gasteiger partial charge in [-0.3, -0.25) is 10.1 Å². The molecular weight excluding hydrogens is 268 g/mol. The van der Waals surface area contributed by atoms with Gasteiger partial charge in [0, 0.05) is 12.1 Å². The third-order valence-electron chi connectivity index (χ3n) is 5.29. The highest BCUT2D eigenvalue weighted by atomic mass is 16.9. The fourth-order valence-corrected chi connectivity index (χ4v) is 4.18. The summed E-state index contributed by atoms with van der Waals surface area (Å²) in [5.41, 5.74) is 0. The van der Waals surface area contributed by atoms with E-state index in [0.29, 0.717) is 24.8 Å². The van der Waals surface area contributed by atoms with Gasteiger partial charge in [0.1, 0.15) is 0 Å². The topological polar surface area (TPSA) is 50.8 Å². The monoisotopic (exact) mass is 296 g/mol. The second kappa shape index (κ2) is 6.23. The van der Waals surface area contributed by atoms with Crippen molar-refractivity contribution in [3.8, 4) is 0 Å². The summed E-state index contributed by atoms with van der Waals surface area (Å²) in [4.78, 5) is 15.2. The van der Waals surface area contributed by atoms with Gasteiger partial charge in [0.25, 0.3) is 0 Å². The van der Waals surface area contributed by atoms with Gasteiger partial charge in [-0.15, -0.1) is 0 Å². The second-order valence-electron chi connectivity index (χ2n) is 7.11. The summed E-state index contributed by atoms with van der Waals surface area (Å²) in [5, 5.41) is 3.21. The molecule has 3 aliphatic rings. The molecule has 3 rings (SSSR count). The first-order valence-corrected chi connectivity index (χ1v) is 8.39. The molecule has 0 bridgehead atoms. The van der Waals surface area contributed by atoms with Crippen LogP contribution in [-0.2, 0) is 14.3 Å². The minimum absolute atomic E-state index is 0.222. The van der Waals surface area contributed by atoms with E-state index in [4.69, 9.17) is 9.47 Å². The molecule has 1 amide bonds. The zero-order chi connectivity index (χ0) is 15.0. The fraction of sp³-hybridized carbons (Fsp3) is 0.938. The van der Waals surface area contributed by atoms with Crippen LogP contribution in [-0.4, -0.2) is 42.1 Å². The number of likely N-dealkylation sites (tertiary alicyclic amines) is 1. The van der Waals surface area contributed by atoms with E-state index >= 15 is 0 Å². The van der Waals surface area contributed by atoms with Crippen LogP contribution in [0.5, 0.6) is 0 Å². The number of nitrogens with one attached hydrogen (secondary N) is 1. The quantitative estimate of drug-likeness (QED) is 0.863. The fourth-order valence-electron chi connectivity index (χ4n) is 4.18. The largest absolute Gasteiger partial charge is 0.335 e. The average Bonchev–Trinajstić information content (AvgIpc) is 2.72. The molecule has 1 saturated carbocycles. The van der Waals surface area contributed by atoms with Crippen molar-refractivity contribution in [3.63, 3.8) is 0 Å². The van der Waals surface area contributed by atoms with Crippen molar-refractivity contribution < 1.29 is 14.3 Å². The van der Waals surface area contributed by atoms with Crippen LogP contribution in [0.2, 0.25) is 0 Å². The maximum absolute atomic E-state index is 13.1. The molecule has 0 spiro atoms. The van der Waals surface area contributed by atoms with Gasteiger partial charge >= 0.3 is 0 Å². The molecule has 3 fully saturated rings. The van der Waals surface area contributed by atoms with Crippen molar-refractivity contribution in [2.24, 2.45) is 11.8 Å². The summed E-state index contributed by atoms with van der Waals surface area (Å²) in [6.45, 7) is 6.67. The lowest BCUT2D eigenvalue weighted by molar-refractivity contribution is -0.335. The normalized spacial score (nSPS) is 34.7. The second-order valence-corrected chi connectivity index (χ2v) is 7.11. The van der Waals surface area contributed by atoms with Crippen LogP contribution in [0.15, 0.2) is 0 Å². The number of amides is 1. The minimum Gasteiger partial charge on any atom is -0.335 e. The summed E-state index contributed by atoms with van der Waals surface area (Å²) >= 11 is 0. The maximum Gasteiger partial charge on any atom is 0.240 e. The predicted molar refractivity (Wildman–Crippen MR) is 79.3 cm³/mol. The lowest BCUT2D eigenvalue weighted by Crippen LogP contribution is -2.58. The van der Waals surface area contributed by atoms with Crippen LogP contribution in [0.25, 0.3) is 0 Å². The van der Waals surface area contributed by atoms with E-state index < -0.39 is 6.41 Å². The Morgan fingerprint density at radius 1 is 1.24 bits per heavy atom. The maximum atomic E-state index is 13.1. The van der Waals surface area contributed by atoms with E-state index in [2.05, 4.69) is 31.0 Å². The van der Waals surface area contributed by atoms with E-state index in [1.165, 1.54) is 25.7 Å². The number of hydrogen-bond acceptors (Lipinski definition) is 4. The van der Waals surface area contributed by atoms with Crippen molar-refractivity contribution in [1.29, 1.82) is 0 Å². The predicted octanol–water partition coefficient (Wildman–Crippen LogP) is 2.07. The van der Waals surface area contributed by atoms with Crippen LogP contribution in [0.3, 0.4) is 0 Å². The number of rotatable bonds is 4. The molecule has 2 heterocycles. The lowest BCUT2D eigenvalue weighted by atomic mass is 9.84. The Labute approximate surface area is 127 Å². The summed E-state index contributed by atoms with van der Waals surface area (Å²) in [6, 6.07) is 0.586. The van der Waals surface area contributed by atoms with Gasteiger partial charge in [0.2, 0.25) is 12.3 Å². The number of carbonyl (C=O) groups excluding carboxylic acids is 1. The molecule has 2 aliphatic heterocycles. The van der Waals surface area contributed by atoms with E-state index in [1.54, 1.807) is 0 Å². The molecule has 0 radical (unpaired) electrons. The summed E-state index contributed by atoms with van der Waals surface area (Å²) < 4.78 is 10.5. The Bertz CT molecular complexity index is 384. The number of ether oxygens (including phenoxy) is 2. The molecule has 21 heavy (non-hydrogen) atoms. The van der Waals surface area contributed by atoms with Crippen molar-refractivity contribution in [1.82, 2.24) is 10.2 Å². The Morgan fingerprint density at radius 3 is 2.57 bits per heavy atom. The first-order valence-electron chi connectivity index (χ1n) is 8.39. The van der Waals surface area contributed by atoms with Crippen LogP contribution in [0, 0.1) is 11.8 Å². The van der Waals surface area contributed by atoms with Crippen molar-refractivity contribution >= 4 is 5.91 Å². The summed E-state index contributed by atoms with van der Waals surface area (Å²) in [7, 11) is 0. The molecule has 4 atom stereocenters. The van der Waals surface area contributed by atoms with Gasteiger partial charge in [-0.25, -0.2) is 0 Å². The third kappa shape index (κ3) is 2.96. The van der Waals surface area contributed by atoms with Gasteiger partial charge in [-0.05, 0) is 38.0 Å². The van der Waals surface area contributed by atoms with E-state index in [0.717, 1.165) is 6.42 Å². The summed E-state index contributed by atoms with van der Waals surface area (Å²) in [6.07, 6.45) is 5.78. The zero-order valence-electron chi connectivity index (χ0n) is 13.4. The Balaban J connectivity index is 1.71. The molecule has 2 saturated heterocycles. The Hall–Kier alpha value is -0.650. The van der Waals surface area contributed by atoms with E-state index in [-0.39, 0.29) is 17.9 Å². The van der Waals surface area contributed by atoms with Crippen molar-refractivity contribution in [2.45, 2.75) is 77.4 Å². The van der Waals surface area contributed by atoms with E-state index in [1.807, 2.05) is 0 Å². The van der Waals surface area contributed by atoms with Crippen molar-refractivity contribution in [3.05, 3.63) is 0 Å². The SMILES string of the molecule is CC(C)[C@H](NC1OCO1)C(=O)N1[C@H](C)C[C@H]2CCCC[C@H]21. The Morgan fingerprint density at radius 2 is 1.95 bits per heavy atom. The van der Waals surface area contributed by atoms with Gasteiger partial charge in [-0.1, -0.05) is 26.7 Å². The molecular formula is C16H28N2O3. The minimum atomic E-state index is -0.415. The number of carbonyl (C=O) groups is 1. The molecule has 0 aromatic rings. The van der Waals surface area contributed by atoms with Crippen LogP contribution >= 0.6 is 0 Å². The standard InChI is InChI=1S/C16H28N2O3/c1-10(2)14(17-16-20-9-21-16)15(19)18-11(3)8-12-6-4-5-7-13(12)18/h10-14,16-17H,4-9H2,1-3H3/t11-,12-,13-,14+/m1/s1.